The molecular formula is C18H31ClN2O2. The van der Waals surface area contributed by atoms with Gasteiger partial charge < -0.3 is 15.2 Å². The van der Waals surface area contributed by atoms with E-state index in [1.807, 2.05) is 26.0 Å². The summed E-state index contributed by atoms with van der Waals surface area (Å²) in [5.41, 5.74) is 0.950. The van der Waals surface area contributed by atoms with E-state index in [0.29, 0.717) is 0 Å². The summed E-state index contributed by atoms with van der Waals surface area (Å²) >= 11 is 0. The van der Waals surface area contributed by atoms with Crippen molar-refractivity contribution in [2.45, 2.75) is 39.8 Å². The second-order valence-electron chi connectivity index (χ2n) is 7.04. The van der Waals surface area contributed by atoms with Crippen molar-refractivity contribution in [3.8, 4) is 5.75 Å². The molecule has 1 aromatic rings. The number of piperazine rings is 1. The van der Waals surface area contributed by atoms with Gasteiger partial charge in [0.25, 0.3) is 0 Å². The van der Waals surface area contributed by atoms with Crippen LogP contribution in [0.5, 0.6) is 5.75 Å². The Labute approximate surface area is 146 Å². The second kappa shape index (κ2) is 8.88. The molecule has 0 spiro atoms. The highest BCUT2D eigenvalue weighted by Crippen LogP contribution is 2.42. The molecule has 2 N–H and O–H groups in total. The number of rotatable bonds is 6. The minimum absolute atomic E-state index is 0. The van der Waals surface area contributed by atoms with Gasteiger partial charge in [-0.1, -0.05) is 32.0 Å². The number of aliphatic hydroxyl groups excluding tert-OH is 1. The Morgan fingerprint density at radius 1 is 1.22 bits per heavy atom. The zero-order valence-corrected chi connectivity index (χ0v) is 15.5. The Bertz CT molecular complexity index is 474. The molecule has 1 heterocycles. The molecule has 0 aromatic heterocycles. The molecule has 23 heavy (non-hydrogen) atoms. The summed E-state index contributed by atoms with van der Waals surface area (Å²) in [5.74, 6) is 0.933. The number of nitrogens with one attached hydrogen (secondary N) is 1. The summed E-state index contributed by atoms with van der Waals surface area (Å²) in [6.07, 6.45) is 0.141. The molecule has 1 fully saturated rings. The average Bonchev–Trinajstić information content (AvgIpc) is 2.49. The molecule has 5 heteroatoms. The van der Waals surface area contributed by atoms with Crippen LogP contribution in [-0.4, -0.2) is 48.9 Å². The molecule has 0 aliphatic carbocycles. The third-order valence-corrected chi connectivity index (χ3v) is 4.24. The van der Waals surface area contributed by atoms with E-state index >= 15 is 0 Å². The van der Waals surface area contributed by atoms with Crippen molar-refractivity contribution in [3.63, 3.8) is 0 Å². The lowest BCUT2D eigenvalue weighted by Crippen LogP contribution is -2.49. The number of hydrogen-bond donors (Lipinski definition) is 2. The van der Waals surface area contributed by atoms with Gasteiger partial charge in [-0.3, -0.25) is 4.90 Å². The molecule has 1 aliphatic heterocycles. The molecule has 1 atom stereocenters. The quantitative estimate of drug-likeness (QED) is 0.834. The number of hydrogen-bond acceptors (Lipinski definition) is 4. The lowest BCUT2D eigenvalue weighted by molar-refractivity contribution is 0.0284. The van der Waals surface area contributed by atoms with Crippen LogP contribution in [0.25, 0.3) is 0 Å². The van der Waals surface area contributed by atoms with Gasteiger partial charge in [-0.2, -0.15) is 0 Å². The lowest BCUT2D eigenvalue weighted by Gasteiger charge is -2.44. The van der Waals surface area contributed by atoms with Gasteiger partial charge in [-0.25, -0.2) is 0 Å². The van der Waals surface area contributed by atoms with Crippen LogP contribution >= 0.6 is 12.4 Å². The third kappa shape index (κ3) is 5.08. The molecule has 0 radical (unpaired) electrons. The topological polar surface area (TPSA) is 44.7 Å². The Morgan fingerprint density at radius 3 is 2.39 bits per heavy atom. The minimum atomic E-state index is -0.228. The molecule has 132 valence electrons. The molecule has 0 unspecified atom stereocenters. The monoisotopic (exact) mass is 342 g/mol. The zero-order chi connectivity index (χ0) is 16.2. The minimum Gasteiger partial charge on any atom is -0.491 e. The largest absolute Gasteiger partial charge is 0.491 e. The molecule has 0 saturated carbocycles. The van der Waals surface area contributed by atoms with Crippen LogP contribution in [0.2, 0.25) is 0 Å². The van der Waals surface area contributed by atoms with Crippen LogP contribution in [0.15, 0.2) is 24.3 Å². The molecule has 4 nitrogen and oxygen atoms in total. The summed E-state index contributed by atoms with van der Waals surface area (Å²) in [7, 11) is 0. The van der Waals surface area contributed by atoms with Gasteiger partial charge in [0.2, 0.25) is 0 Å². The van der Waals surface area contributed by atoms with E-state index in [9.17, 15) is 5.11 Å². The standard InChI is InChI=1S/C18H30N2O2.ClH/c1-14(2)22-16-8-6-5-7-15(16)17(18(3,4)13-21)20-11-9-19-10-12-20;/h5-8,14,17,19,21H,9-13H2,1-4H3;1H/t17-;/m0./s1. The average molecular weight is 343 g/mol. The molecule has 0 amide bonds. The van der Waals surface area contributed by atoms with Gasteiger partial charge in [0, 0.05) is 49.8 Å². The Kier molecular flexibility index (Phi) is 7.81. The van der Waals surface area contributed by atoms with Crippen molar-refractivity contribution in [2.24, 2.45) is 5.41 Å². The number of aliphatic hydroxyl groups is 1. The Morgan fingerprint density at radius 2 is 1.83 bits per heavy atom. The predicted octanol–water partition coefficient (Wildman–Crippen LogP) is 2.86. The van der Waals surface area contributed by atoms with Gasteiger partial charge >= 0.3 is 0 Å². The van der Waals surface area contributed by atoms with Crippen molar-refractivity contribution in [2.75, 3.05) is 32.8 Å². The summed E-state index contributed by atoms with van der Waals surface area (Å²) in [6.45, 7) is 12.5. The summed E-state index contributed by atoms with van der Waals surface area (Å²) < 4.78 is 6.03. The fraction of sp³-hybridized carbons (Fsp3) is 0.667. The van der Waals surface area contributed by atoms with Gasteiger partial charge in [0.05, 0.1) is 6.10 Å². The van der Waals surface area contributed by atoms with E-state index in [2.05, 4.69) is 36.2 Å². The summed E-state index contributed by atoms with van der Waals surface area (Å²) in [6, 6.07) is 8.40. The van der Waals surface area contributed by atoms with Crippen LogP contribution in [0.1, 0.15) is 39.3 Å². The predicted molar refractivity (Wildman–Crippen MR) is 97.5 cm³/mol. The fourth-order valence-corrected chi connectivity index (χ4v) is 3.21. The highest BCUT2D eigenvalue weighted by atomic mass is 35.5. The maximum absolute atomic E-state index is 9.95. The highest BCUT2D eigenvalue weighted by Gasteiger charge is 2.37. The maximum Gasteiger partial charge on any atom is 0.124 e. The van der Waals surface area contributed by atoms with Crippen molar-refractivity contribution < 1.29 is 9.84 Å². The Hall–Kier alpha value is -0.810. The molecule has 0 bridgehead atoms. The number of halogens is 1. The normalized spacial score (nSPS) is 17.7. The summed E-state index contributed by atoms with van der Waals surface area (Å²) in [5, 5.41) is 13.3. The summed E-state index contributed by atoms with van der Waals surface area (Å²) in [4.78, 5) is 2.47. The number of nitrogens with zero attached hydrogens (tertiary/aromatic N) is 1. The van der Waals surface area contributed by atoms with Crippen molar-refractivity contribution in [1.82, 2.24) is 10.2 Å². The van der Waals surface area contributed by atoms with Crippen molar-refractivity contribution in [1.29, 1.82) is 0 Å². The number of para-hydroxylation sites is 1. The molecular weight excluding hydrogens is 312 g/mol. The Balaban J connectivity index is 0.00000264. The van der Waals surface area contributed by atoms with Crippen LogP contribution < -0.4 is 10.1 Å². The van der Waals surface area contributed by atoms with Gasteiger partial charge in [0.1, 0.15) is 5.75 Å². The maximum atomic E-state index is 9.95. The van der Waals surface area contributed by atoms with E-state index < -0.39 is 0 Å². The van der Waals surface area contributed by atoms with Crippen LogP contribution in [0, 0.1) is 5.41 Å². The first-order chi connectivity index (χ1) is 10.5. The first-order valence-electron chi connectivity index (χ1n) is 8.27. The van der Waals surface area contributed by atoms with Crippen LogP contribution in [0.4, 0.5) is 0 Å². The lowest BCUT2D eigenvalue weighted by atomic mass is 9.79. The second-order valence-corrected chi connectivity index (χ2v) is 7.04. The van der Waals surface area contributed by atoms with Gasteiger partial charge in [-0.15, -0.1) is 12.4 Å². The van der Waals surface area contributed by atoms with Crippen molar-refractivity contribution in [3.05, 3.63) is 29.8 Å². The van der Waals surface area contributed by atoms with E-state index in [4.69, 9.17) is 4.74 Å². The molecule has 2 rings (SSSR count). The first-order valence-corrected chi connectivity index (χ1v) is 8.27. The first kappa shape index (κ1) is 20.2. The van der Waals surface area contributed by atoms with E-state index in [1.165, 1.54) is 5.56 Å². The molecule has 1 aromatic carbocycles. The van der Waals surface area contributed by atoms with Gasteiger partial charge in [-0.05, 0) is 19.9 Å². The fourth-order valence-electron chi connectivity index (χ4n) is 3.21. The highest BCUT2D eigenvalue weighted by molar-refractivity contribution is 5.85. The van der Waals surface area contributed by atoms with E-state index in [1.54, 1.807) is 0 Å². The SMILES string of the molecule is CC(C)Oc1ccccc1[C@H](N1CCNCC1)C(C)(C)CO.Cl. The third-order valence-electron chi connectivity index (χ3n) is 4.24. The van der Waals surface area contributed by atoms with Gasteiger partial charge in [0.15, 0.2) is 0 Å². The molecule has 1 aliphatic rings. The van der Waals surface area contributed by atoms with Crippen LogP contribution in [-0.2, 0) is 0 Å². The molecule has 1 saturated heterocycles. The van der Waals surface area contributed by atoms with E-state index in [0.717, 1.165) is 31.9 Å². The number of ether oxygens (including phenoxy) is 1. The zero-order valence-electron chi connectivity index (χ0n) is 14.7. The van der Waals surface area contributed by atoms with E-state index in [-0.39, 0.29) is 36.6 Å². The van der Waals surface area contributed by atoms with Crippen LogP contribution in [0.3, 0.4) is 0 Å². The van der Waals surface area contributed by atoms with Crippen molar-refractivity contribution >= 4 is 12.4 Å². The number of benzene rings is 1. The smallest absolute Gasteiger partial charge is 0.124 e.